The quantitative estimate of drug-likeness (QED) is 0.305. The van der Waals surface area contributed by atoms with Crippen molar-refractivity contribution in [1.29, 1.82) is 0 Å². The van der Waals surface area contributed by atoms with Crippen LogP contribution in [-0.2, 0) is 23.4 Å². The van der Waals surface area contributed by atoms with Crippen molar-refractivity contribution < 1.29 is 28.3 Å². The summed E-state index contributed by atoms with van der Waals surface area (Å²) >= 11 is 0. The van der Waals surface area contributed by atoms with Gasteiger partial charge in [0.25, 0.3) is 0 Å². The zero-order chi connectivity index (χ0) is 17.8. The first-order valence-electron chi connectivity index (χ1n) is 6.75. The van der Waals surface area contributed by atoms with Crippen LogP contribution in [0.25, 0.3) is 0 Å². The predicted molar refractivity (Wildman–Crippen MR) is 85.3 cm³/mol. The van der Waals surface area contributed by atoms with Crippen molar-refractivity contribution in [2.24, 2.45) is 5.92 Å². The topological polar surface area (TPSA) is 102 Å². The third kappa shape index (κ3) is 15.0. The molecule has 0 aliphatic heterocycles. The molecule has 1 unspecified atom stereocenters. The summed E-state index contributed by atoms with van der Waals surface area (Å²) in [6, 6.07) is 0. The molecule has 0 rings (SSSR count). The van der Waals surface area contributed by atoms with Gasteiger partial charge in [-0.15, -0.1) is 0 Å². The summed E-state index contributed by atoms with van der Waals surface area (Å²) in [5.41, 5.74) is 0.118. The molecular weight excluding hydrogens is 309 g/mol. The van der Waals surface area contributed by atoms with E-state index in [2.05, 4.69) is 36.8 Å². The molecule has 22 heavy (non-hydrogen) atoms. The van der Waals surface area contributed by atoms with Gasteiger partial charge in [0.2, 0.25) is 5.91 Å². The van der Waals surface area contributed by atoms with E-state index in [1.807, 2.05) is 0 Å². The third-order valence-electron chi connectivity index (χ3n) is 1.96. The van der Waals surface area contributed by atoms with Gasteiger partial charge in [0.05, 0.1) is 12.8 Å². The molecule has 0 fully saturated rings. The summed E-state index contributed by atoms with van der Waals surface area (Å²) < 4.78 is 20.1. The first-order chi connectivity index (χ1) is 10.1. The number of carbonyl (C=O) groups is 2. The van der Waals surface area contributed by atoms with Gasteiger partial charge in [-0.3, -0.25) is 4.79 Å². The normalized spacial score (nSPS) is 12.5. The molecule has 7 nitrogen and oxygen atoms in total. The van der Waals surface area contributed by atoms with E-state index in [-0.39, 0.29) is 24.4 Å². The van der Waals surface area contributed by atoms with Crippen LogP contribution in [0.5, 0.6) is 0 Å². The van der Waals surface area contributed by atoms with Crippen LogP contribution < -0.4 is 5.32 Å². The molecule has 0 spiro atoms. The second kappa shape index (κ2) is 12.1. The molecule has 0 aliphatic rings. The van der Waals surface area contributed by atoms with Gasteiger partial charge in [-0.25, -0.2) is 9.36 Å². The predicted octanol–water partition coefficient (Wildman–Crippen LogP) is 2.23. The highest BCUT2D eigenvalue weighted by Gasteiger charge is 2.21. The number of rotatable bonds is 8. The van der Waals surface area contributed by atoms with E-state index in [1.165, 1.54) is 19.9 Å². The van der Waals surface area contributed by atoms with Crippen LogP contribution >= 0.6 is 7.60 Å². The number of carbonyl (C=O) groups excluding carboxylic acids is 2. The van der Waals surface area contributed by atoms with E-state index < -0.39 is 13.6 Å². The second-order valence-corrected chi connectivity index (χ2v) is 6.86. The van der Waals surface area contributed by atoms with Crippen LogP contribution in [0.1, 0.15) is 27.7 Å². The van der Waals surface area contributed by atoms with Crippen LogP contribution in [0.15, 0.2) is 24.8 Å². The molecule has 0 aromatic rings. The van der Waals surface area contributed by atoms with Crippen molar-refractivity contribution in [3.63, 3.8) is 0 Å². The molecule has 0 aromatic heterocycles. The number of hydrogen-bond acceptors (Lipinski definition) is 5. The lowest BCUT2D eigenvalue weighted by molar-refractivity contribution is -0.130. The van der Waals surface area contributed by atoms with E-state index >= 15 is 0 Å². The minimum atomic E-state index is -3.69. The van der Waals surface area contributed by atoms with Crippen LogP contribution in [-0.4, -0.2) is 36.3 Å². The lowest BCUT2D eigenvalue weighted by atomic mass is 10.2. The summed E-state index contributed by atoms with van der Waals surface area (Å²) in [6.07, 6.45) is 1.14. The van der Waals surface area contributed by atoms with E-state index in [1.54, 1.807) is 0 Å². The molecule has 0 saturated heterocycles. The second-order valence-electron chi connectivity index (χ2n) is 4.77. The summed E-state index contributed by atoms with van der Waals surface area (Å²) in [4.78, 5) is 30.0. The van der Waals surface area contributed by atoms with Gasteiger partial charge >= 0.3 is 13.6 Å². The molecule has 1 amide bonds. The van der Waals surface area contributed by atoms with Crippen molar-refractivity contribution >= 4 is 19.5 Å². The van der Waals surface area contributed by atoms with Gasteiger partial charge in [0, 0.05) is 5.57 Å². The molecule has 2 N–H and O–H groups in total. The van der Waals surface area contributed by atoms with Crippen LogP contribution in [0.3, 0.4) is 0 Å². The smallest absolute Gasteiger partial charge is 0.378 e. The first kappa shape index (κ1) is 22.8. The van der Waals surface area contributed by atoms with Crippen molar-refractivity contribution in [1.82, 2.24) is 5.32 Å². The number of amides is 1. The van der Waals surface area contributed by atoms with Gasteiger partial charge in [-0.1, -0.05) is 33.9 Å². The SMILES string of the molecule is C=C(C)C(=O)OP(=O)(O)CC.C=CC(=O)NCOCC(C)C. The number of ether oxygens (including phenoxy) is 1. The Morgan fingerprint density at radius 3 is 2.32 bits per heavy atom. The lowest BCUT2D eigenvalue weighted by Gasteiger charge is -2.08. The largest absolute Gasteiger partial charge is 0.388 e. The fourth-order valence-electron chi connectivity index (χ4n) is 0.761. The molecule has 0 saturated carbocycles. The van der Waals surface area contributed by atoms with E-state index in [0.717, 1.165) is 0 Å². The average Bonchev–Trinajstić information content (AvgIpc) is 2.43. The van der Waals surface area contributed by atoms with Crippen molar-refractivity contribution in [3.05, 3.63) is 24.8 Å². The Labute approximate surface area is 131 Å². The monoisotopic (exact) mass is 335 g/mol. The Morgan fingerprint density at radius 2 is 1.95 bits per heavy atom. The molecule has 8 heteroatoms. The molecule has 0 radical (unpaired) electrons. The van der Waals surface area contributed by atoms with Crippen molar-refractivity contribution in [3.8, 4) is 0 Å². The average molecular weight is 335 g/mol. The highest BCUT2D eigenvalue weighted by Crippen LogP contribution is 2.41. The first-order valence-corrected chi connectivity index (χ1v) is 8.51. The Balaban J connectivity index is 0. The number of nitrogens with one attached hydrogen (secondary N) is 1. The fraction of sp³-hybridized carbons (Fsp3) is 0.571. The molecule has 0 aliphatic carbocycles. The summed E-state index contributed by atoms with van der Waals surface area (Å²) in [5.74, 6) is -0.526. The summed E-state index contributed by atoms with van der Waals surface area (Å²) in [7, 11) is -3.69. The third-order valence-corrected chi connectivity index (χ3v) is 3.21. The zero-order valence-electron chi connectivity index (χ0n) is 13.6. The van der Waals surface area contributed by atoms with Crippen LogP contribution in [0.2, 0.25) is 0 Å². The maximum absolute atomic E-state index is 10.8. The van der Waals surface area contributed by atoms with Crippen molar-refractivity contribution in [2.75, 3.05) is 19.5 Å². The minimum absolute atomic E-state index is 0.0774. The molecule has 0 aromatic carbocycles. The fourth-order valence-corrected chi connectivity index (χ4v) is 1.31. The Morgan fingerprint density at radius 1 is 1.41 bits per heavy atom. The lowest BCUT2D eigenvalue weighted by Crippen LogP contribution is -2.24. The van der Waals surface area contributed by atoms with Crippen LogP contribution in [0.4, 0.5) is 0 Å². The molecule has 0 bridgehead atoms. The van der Waals surface area contributed by atoms with Gasteiger partial charge in [0.1, 0.15) is 6.73 Å². The van der Waals surface area contributed by atoms with Gasteiger partial charge in [-0.2, -0.15) is 0 Å². The molecule has 0 heterocycles. The van der Waals surface area contributed by atoms with Gasteiger partial charge in [0.15, 0.2) is 0 Å². The zero-order valence-corrected chi connectivity index (χ0v) is 14.5. The van der Waals surface area contributed by atoms with Gasteiger partial charge in [-0.05, 0) is 18.9 Å². The van der Waals surface area contributed by atoms with E-state index in [4.69, 9.17) is 9.63 Å². The maximum atomic E-state index is 10.8. The Kier molecular flexibility index (Phi) is 12.6. The van der Waals surface area contributed by atoms with Crippen molar-refractivity contribution in [2.45, 2.75) is 27.7 Å². The Bertz CT molecular complexity index is 433. The summed E-state index contributed by atoms with van der Waals surface area (Å²) in [6.45, 7) is 14.5. The maximum Gasteiger partial charge on any atom is 0.378 e. The van der Waals surface area contributed by atoms with Crippen LogP contribution in [0, 0.1) is 5.92 Å². The molecule has 1 atom stereocenters. The van der Waals surface area contributed by atoms with Gasteiger partial charge < -0.3 is 19.5 Å². The Hall–Kier alpha value is -1.43. The summed E-state index contributed by atoms with van der Waals surface area (Å²) in [5, 5.41) is 2.51. The highest BCUT2D eigenvalue weighted by atomic mass is 31.2. The molecular formula is C14H26NO6P. The standard InChI is InChI=1S/C8H15NO2.C6H11O4P/c1-4-8(10)9-6-11-5-7(2)3;1-4-11(8,9)10-6(7)5(2)3/h4,7H,1,5-6H2,2-3H3,(H,9,10);2,4H2,1,3H3,(H,8,9). The number of hydrogen-bond donors (Lipinski definition) is 2. The van der Waals surface area contributed by atoms with E-state index in [9.17, 15) is 14.2 Å². The minimum Gasteiger partial charge on any atom is -0.388 e. The van der Waals surface area contributed by atoms with E-state index in [0.29, 0.717) is 12.5 Å². The highest BCUT2D eigenvalue weighted by molar-refractivity contribution is 7.53. The molecule has 128 valence electrons.